The van der Waals surface area contributed by atoms with E-state index in [1.54, 1.807) is 18.5 Å². The van der Waals surface area contributed by atoms with Crippen LogP contribution in [0.2, 0.25) is 0 Å². The molecule has 0 fully saturated rings. The first-order valence-corrected chi connectivity index (χ1v) is 6.78. The van der Waals surface area contributed by atoms with Crippen LogP contribution >= 0.6 is 0 Å². The second-order valence-corrected chi connectivity index (χ2v) is 5.59. The molecule has 0 aliphatic rings. The molecule has 0 radical (unpaired) electrons. The second-order valence-electron chi connectivity index (χ2n) is 5.59. The number of allylic oxidation sites excluding steroid dienone is 1. The van der Waals surface area contributed by atoms with Crippen LogP contribution in [0.5, 0.6) is 0 Å². The van der Waals surface area contributed by atoms with Crippen LogP contribution in [-0.2, 0) is 0 Å². The average Bonchev–Trinajstić information content (AvgIpc) is 2.47. The summed E-state index contributed by atoms with van der Waals surface area (Å²) in [6, 6.07) is 14.2. The molecule has 2 rings (SSSR count). The summed E-state index contributed by atoms with van der Waals surface area (Å²) in [5, 5.41) is 0. The van der Waals surface area contributed by atoms with Crippen LogP contribution in [0.15, 0.2) is 67.5 Å². The molecule has 104 valence electrons. The third kappa shape index (κ3) is 7.32. The van der Waals surface area contributed by atoms with Gasteiger partial charge >= 0.3 is 0 Å². The van der Waals surface area contributed by atoms with Gasteiger partial charge in [-0.05, 0) is 28.7 Å². The number of benzene rings is 1. The van der Waals surface area contributed by atoms with E-state index in [1.165, 1.54) is 5.56 Å². The standard InChI is InChI=1S/C12H16.C7H7N/c1-12(2,3)10-9-11-7-5-4-6-8-11;1-2-7-3-5-8-6-4-7/h4-10H,1-3H3;2-6H,1H2. The van der Waals surface area contributed by atoms with E-state index in [4.69, 9.17) is 0 Å². The first-order chi connectivity index (χ1) is 9.51. The van der Waals surface area contributed by atoms with Crippen molar-refractivity contribution >= 4 is 12.2 Å². The van der Waals surface area contributed by atoms with E-state index in [2.05, 4.69) is 68.8 Å². The van der Waals surface area contributed by atoms with Gasteiger partial charge in [0.2, 0.25) is 0 Å². The number of pyridine rings is 1. The van der Waals surface area contributed by atoms with Crippen LogP contribution in [-0.4, -0.2) is 4.98 Å². The third-order valence-electron chi connectivity index (χ3n) is 2.52. The first-order valence-electron chi connectivity index (χ1n) is 6.78. The highest BCUT2D eigenvalue weighted by molar-refractivity contribution is 5.49. The van der Waals surface area contributed by atoms with Crippen LogP contribution in [0.3, 0.4) is 0 Å². The van der Waals surface area contributed by atoms with Gasteiger partial charge in [-0.25, -0.2) is 0 Å². The van der Waals surface area contributed by atoms with E-state index >= 15 is 0 Å². The lowest BCUT2D eigenvalue weighted by atomic mass is 9.95. The Morgan fingerprint density at radius 3 is 1.95 bits per heavy atom. The molecule has 1 heteroatoms. The van der Waals surface area contributed by atoms with E-state index in [0.29, 0.717) is 0 Å². The first kappa shape index (κ1) is 15.9. The van der Waals surface area contributed by atoms with Crippen molar-refractivity contribution in [2.75, 3.05) is 0 Å². The summed E-state index contributed by atoms with van der Waals surface area (Å²) in [5.74, 6) is 0. The Morgan fingerprint density at radius 2 is 1.50 bits per heavy atom. The summed E-state index contributed by atoms with van der Waals surface area (Å²) in [7, 11) is 0. The van der Waals surface area contributed by atoms with E-state index in [0.717, 1.165) is 5.56 Å². The maximum Gasteiger partial charge on any atom is 0.0273 e. The van der Waals surface area contributed by atoms with Gasteiger partial charge in [0.1, 0.15) is 0 Å². The minimum Gasteiger partial charge on any atom is -0.265 e. The summed E-state index contributed by atoms with van der Waals surface area (Å²) >= 11 is 0. The Morgan fingerprint density at radius 1 is 0.900 bits per heavy atom. The molecule has 0 spiro atoms. The molecule has 0 amide bonds. The molecule has 20 heavy (non-hydrogen) atoms. The molecule has 0 saturated carbocycles. The Kier molecular flexibility index (Phi) is 6.45. The molecule has 0 saturated heterocycles. The number of aromatic nitrogens is 1. The molecule has 1 nitrogen and oxygen atoms in total. The van der Waals surface area contributed by atoms with Gasteiger partial charge < -0.3 is 0 Å². The molecule has 0 unspecified atom stereocenters. The summed E-state index contributed by atoms with van der Waals surface area (Å²) in [4.78, 5) is 3.85. The Balaban J connectivity index is 0.000000217. The summed E-state index contributed by atoms with van der Waals surface area (Å²) < 4.78 is 0. The number of rotatable bonds is 2. The molecule has 0 bridgehead atoms. The highest BCUT2D eigenvalue weighted by Crippen LogP contribution is 2.16. The Hall–Kier alpha value is -2.15. The highest BCUT2D eigenvalue weighted by Gasteiger charge is 2.02. The van der Waals surface area contributed by atoms with Gasteiger partial charge in [-0.15, -0.1) is 0 Å². The van der Waals surface area contributed by atoms with Crippen molar-refractivity contribution in [1.82, 2.24) is 4.98 Å². The van der Waals surface area contributed by atoms with Gasteiger partial charge in [0.25, 0.3) is 0 Å². The lowest BCUT2D eigenvalue weighted by Crippen LogP contribution is -1.97. The number of hydrogen-bond donors (Lipinski definition) is 0. The van der Waals surface area contributed by atoms with E-state index in [9.17, 15) is 0 Å². The zero-order chi connectivity index (χ0) is 14.8. The molecule has 2 aromatic rings. The van der Waals surface area contributed by atoms with Crippen LogP contribution < -0.4 is 0 Å². The van der Waals surface area contributed by atoms with Gasteiger partial charge in [0, 0.05) is 12.4 Å². The molecular formula is C19H23N. The fraction of sp³-hybridized carbons (Fsp3) is 0.211. The number of nitrogens with zero attached hydrogens (tertiary/aromatic N) is 1. The normalized spacial score (nSPS) is 10.8. The molecule has 1 aromatic heterocycles. The average molecular weight is 265 g/mol. The van der Waals surface area contributed by atoms with Gasteiger partial charge in [-0.1, -0.05) is 75.9 Å². The van der Waals surface area contributed by atoms with Crippen molar-refractivity contribution in [3.63, 3.8) is 0 Å². The fourth-order valence-corrected chi connectivity index (χ4v) is 1.41. The zero-order valence-corrected chi connectivity index (χ0v) is 12.6. The molecule has 0 aliphatic carbocycles. The quantitative estimate of drug-likeness (QED) is 0.701. The topological polar surface area (TPSA) is 12.9 Å². The second kappa shape index (κ2) is 8.11. The van der Waals surface area contributed by atoms with Gasteiger partial charge in [0.15, 0.2) is 0 Å². The molecular weight excluding hydrogens is 242 g/mol. The molecule has 0 aliphatic heterocycles. The van der Waals surface area contributed by atoms with E-state index < -0.39 is 0 Å². The predicted octanol–water partition coefficient (Wildman–Crippen LogP) is 5.47. The van der Waals surface area contributed by atoms with Gasteiger partial charge in [-0.2, -0.15) is 0 Å². The summed E-state index contributed by atoms with van der Waals surface area (Å²) in [6.45, 7) is 10.2. The third-order valence-corrected chi connectivity index (χ3v) is 2.52. The highest BCUT2D eigenvalue weighted by atomic mass is 14.6. The van der Waals surface area contributed by atoms with Crippen molar-refractivity contribution in [2.45, 2.75) is 20.8 Å². The predicted molar refractivity (Wildman–Crippen MR) is 89.3 cm³/mol. The van der Waals surface area contributed by atoms with Gasteiger partial charge in [-0.3, -0.25) is 4.98 Å². The SMILES string of the molecule is C=Cc1ccncc1.CC(C)(C)C=Cc1ccccc1. The van der Waals surface area contributed by atoms with Crippen molar-refractivity contribution in [3.05, 3.63) is 78.6 Å². The zero-order valence-electron chi connectivity index (χ0n) is 12.6. The van der Waals surface area contributed by atoms with E-state index in [-0.39, 0.29) is 5.41 Å². The van der Waals surface area contributed by atoms with Crippen molar-refractivity contribution in [2.24, 2.45) is 5.41 Å². The minimum atomic E-state index is 0.274. The summed E-state index contributed by atoms with van der Waals surface area (Å²) in [5.41, 5.74) is 2.66. The van der Waals surface area contributed by atoms with Crippen LogP contribution in [0.1, 0.15) is 31.9 Å². The van der Waals surface area contributed by atoms with Crippen LogP contribution in [0.25, 0.3) is 12.2 Å². The van der Waals surface area contributed by atoms with Crippen molar-refractivity contribution < 1.29 is 0 Å². The lowest BCUT2D eigenvalue weighted by molar-refractivity contribution is 0.547. The Bertz CT molecular complexity index is 519. The largest absolute Gasteiger partial charge is 0.265 e. The molecule has 1 heterocycles. The van der Waals surface area contributed by atoms with Gasteiger partial charge in [0.05, 0.1) is 0 Å². The van der Waals surface area contributed by atoms with Crippen LogP contribution in [0.4, 0.5) is 0 Å². The monoisotopic (exact) mass is 265 g/mol. The smallest absolute Gasteiger partial charge is 0.0273 e. The molecule has 0 atom stereocenters. The number of hydrogen-bond acceptors (Lipinski definition) is 1. The van der Waals surface area contributed by atoms with E-state index in [1.807, 2.05) is 18.2 Å². The maximum atomic E-state index is 3.85. The Labute approximate surface area is 122 Å². The fourth-order valence-electron chi connectivity index (χ4n) is 1.41. The van der Waals surface area contributed by atoms with Crippen molar-refractivity contribution in [1.29, 1.82) is 0 Å². The molecule has 1 aromatic carbocycles. The maximum absolute atomic E-state index is 3.85. The minimum absolute atomic E-state index is 0.274. The van der Waals surface area contributed by atoms with Crippen molar-refractivity contribution in [3.8, 4) is 0 Å². The lowest BCUT2D eigenvalue weighted by Gasteiger charge is -2.10. The van der Waals surface area contributed by atoms with Crippen LogP contribution in [0, 0.1) is 5.41 Å². The molecule has 0 N–H and O–H groups in total. The summed E-state index contributed by atoms with van der Waals surface area (Å²) in [6.07, 6.45) is 9.68.